The van der Waals surface area contributed by atoms with Crippen molar-refractivity contribution in [2.45, 2.75) is 38.5 Å². The molecule has 0 atom stereocenters. The summed E-state index contributed by atoms with van der Waals surface area (Å²) in [7, 11) is 2.16. The van der Waals surface area contributed by atoms with E-state index in [1.165, 1.54) is 37.8 Å². The number of anilines is 1. The molecule has 100 valence electrons. The van der Waals surface area contributed by atoms with Gasteiger partial charge in [0, 0.05) is 25.0 Å². The zero-order valence-corrected chi connectivity index (χ0v) is 11.6. The van der Waals surface area contributed by atoms with Crippen LogP contribution in [0.4, 0.5) is 5.69 Å². The molecule has 1 aromatic rings. The van der Waals surface area contributed by atoms with Crippen molar-refractivity contribution in [3.05, 3.63) is 42.6 Å². The average molecular weight is 246 g/mol. The highest BCUT2D eigenvalue weighted by Crippen LogP contribution is 2.13. The molecule has 1 aromatic carbocycles. The van der Waals surface area contributed by atoms with Gasteiger partial charge in [-0.05, 0) is 31.4 Å². The van der Waals surface area contributed by atoms with Crippen molar-refractivity contribution in [3.8, 4) is 0 Å². The van der Waals surface area contributed by atoms with Crippen molar-refractivity contribution in [2.75, 3.05) is 18.5 Å². The van der Waals surface area contributed by atoms with Crippen molar-refractivity contribution < 1.29 is 0 Å². The second kappa shape index (κ2) is 8.62. The molecule has 0 heterocycles. The van der Waals surface area contributed by atoms with Gasteiger partial charge in [-0.1, -0.05) is 44.0 Å². The first-order valence-electron chi connectivity index (χ1n) is 6.89. The second-order valence-corrected chi connectivity index (χ2v) is 4.93. The van der Waals surface area contributed by atoms with E-state index in [1.54, 1.807) is 0 Å². The van der Waals surface area contributed by atoms with Crippen LogP contribution in [0.25, 0.3) is 0 Å². The topological polar surface area (TPSA) is 29.3 Å². The molecule has 2 nitrogen and oxygen atoms in total. The van der Waals surface area contributed by atoms with Crippen LogP contribution in [0.5, 0.6) is 0 Å². The maximum Gasteiger partial charge on any atom is 0.0363 e. The van der Waals surface area contributed by atoms with Crippen LogP contribution in [0, 0.1) is 0 Å². The SMILES string of the molecule is C=C(N)CCCCCCCN(C)c1ccccc1. The van der Waals surface area contributed by atoms with Crippen LogP contribution in [0.3, 0.4) is 0 Å². The first kappa shape index (κ1) is 14.6. The van der Waals surface area contributed by atoms with Crippen molar-refractivity contribution in [2.24, 2.45) is 5.73 Å². The summed E-state index contributed by atoms with van der Waals surface area (Å²) in [5, 5.41) is 0. The minimum Gasteiger partial charge on any atom is -0.403 e. The number of benzene rings is 1. The summed E-state index contributed by atoms with van der Waals surface area (Å²) < 4.78 is 0. The van der Waals surface area contributed by atoms with Gasteiger partial charge in [0.1, 0.15) is 0 Å². The van der Waals surface area contributed by atoms with E-state index in [2.05, 4.69) is 48.9 Å². The third-order valence-corrected chi connectivity index (χ3v) is 3.19. The van der Waals surface area contributed by atoms with Crippen LogP contribution in [0.15, 0.2) is 42.6 Å². The quantitative estimate of drug-likeness (QED) is 0.669. The molecule has 2 N–H and O–H groups in total. The van der Waals surface area contributed by atoms with Crippen LogP contribution in [0.2, 0.25) is 0 Å². The van der Waals surface area contributed by atoms with E-state index in [0.29, 0.717) is 0 Å². The molecular weight excluding hydrogens is 220 g/mol. The van der Waals surface area contributed by atoms with E-state index in [0.717, 1.165) is 18.7 Å². The molecule has 18 heavy (non-hydrogen) atoms. The number of hydrogen-bond acceptors (Lipinski definition) is 2. The van der Waals surface area contributed by atoms with Crippen LogP contribution in [-0.4, -0.2) is 13.6 Å². The Labute approximate surface area is 111 Å². The van der Waals surface area contributed by atoms with Crippen molar-refractivity contribution in [1.29, 1.82) is 0 Å². The number of unbranched alkanes of at least 4 members (excludes halogenated alkanes) is 4. The summed E-state index contributed by atoms with van der Waals surface area (Å²) in [5.41, 5.74) is 7.66. The molecular formula is C16H26N2. The molecule has 0 spiro atoms. The maximum atomic E-state index is 5.54. The lowest BCUT2D eigenvalue weighted by atomic mass is 10.1. The van der Waals surface area contributed by atoms with E-state index in [-0.39, 0.29) is 0 Å². The van der Waals surface area contributed by atoms with Gasteiger partial charge in [0.05, 0.1) is 0 Å². The van der Waals surface area contributed by atoms with Crippen molar-refractivity contribution in [1.82, 2.24) is 0 Å². The van der Waals surface area contributed by atoms with Gasteiger partial charge in [0.15, 0.2) is 0 Å². The Balaban J connectivity index is 2.03. The molecule has 0 aliphatic carbocycles. The Morgan fingerprint density at radius 2 is 1.67 bits per heavy atom. The van der Waals surface area contributed by atoms with E-state index in [9.17, 15) is 0 Å². The highest BCUT2D eigenvalue weighted by atomic mass is 15.1. The third-order valence-electron chi connectivity index (χ3n) is 3.19. The van der Waals surface area contributed by atoms with Crippen LogP contribution in [-0.2, 0) is 0 Å². The minimum absolute atomic E-state index is 0.818. The first-order valence-corrected chi connectivity index (χ1v) is 6.89. The Hall–Kier alpha value is -1.44. The summed E-state index contributed by atoms with van der Waals surface area (Å²) in [6.07, 6.45) is 7.29. The molecule has 2 heteroatoms. The number of para-hydroxylation sites is 1. The minimum atomic E-state index is 0.818. The van der Waals surface area contributed by atoms with Gasteiger partial charge in [0.2, 0.25) is 0 Å². The predicted octanol–water partition coefficient (Wildman–Crippen LogP) is 3.94. The molecule has 0 radical (unpaired) electrons. The molecule has 0 aliphatic rings. The Bertz CT molecular complexity index is 332. The van der Waals surface area contributed by atoms with Crippen LogP contribution < -0.4 is 10.6 Å². The van der Waals surface area contributed by atoms with Gasteiger partial charge in [0.25, 0.3) is 0 Å². The summed E-state index contributed by atoms with van der Waals surface area (Å²) in [6.45, 7) is 4.85. The van der Waals surface area contributed by atoms with Crippen molar-refractivity contribution in [3.63, 3.8) is 0 Å². The third kappa shape index (κ3) is 6.33. The van der Waals surface area contributed by atoms with E-state index in [1.807, 2.05) is 0 Å². The smallest absolute Gasteiger partial charge is 0.0363 e. The molecule has 0 fully saturated rings. The lowest BCUT2D eigenvalue weighted by Crippen LogP contribution is -2.18. The summed E-state index contributed by atoms with van der Waals surface area (Å²) in [5.74, 6) is 0. The lowest BCUT2D eigenvalue weighted by Gasteiger charge is -2.18. The van der Waals surface area contributed by atoms with Crippen molar-refractivity contribution >= 4 is 5.69 Å². The number of allylic oxidation sites excluding steroid dienone is 1. The molecule has 0 saturated heterocycles. The van der Waals surface area contributed by atoms with Gasteiger partial charge in [-0.3, -0.25) is 0 Å². The summed E-state index contributed by atoms with van der Waals surface area (Å²) >= 11 is 0. The highest BCUT2D eigenvalue weighted by molar-refractivity contribution is 5.44. The summed E-state index contributed by atoms with van der Waals surface area (Å²) in [4.78, 5) is 2.32. The fourth-order valence-corrected chi connectivity index (χ4v) is 2.04. The average Bonchev–Trinajstić information content (AvgIpc) is 2.38. The zero-order valence-electron chi connectivity index (χ0n) is 11.6. The second-order valence-electron chi connectivity index (χ2n) is 4.93. The Morgan fingerprint density at radius 1 is 1.06 bits per heavy atom. The Kier molecular flexibility index (Phi) is 7.00. The van der Waals surface area contributed by atoms with Gasteiger partial charge in [-0.15, -0.1) is 0 Å². The van der Waals surface area contributed by atoms with Gasteiger partial charge < -0.3 is 10.6 Å². The van der Waals surface area contributed by atoms with Crippen LogP contribution in [0.1, 0.15) is 38.5 Å². The van der Waals surface area contributed by atoms with Gasteiger partial charge >= 0.3 is 0 Å². The molecule has 0 bridgehead atoms. The molecule has 0 amide bonds. The normalized spacial score (nSPS) is 10.3. The first-order chi connectivity index (χ1) is 8.70. The standard InChI is InChI=1S/C16H26N2/c1-15(17)11-7-4-3-5-10-14-18(2)16-12-8-6-9-13-16/h6,8-9,12-13H,1,3-5,7,10-11,14,17H2,2H3. The zero-order chi connectivity index (χ0) is 13.2. The number of rotatable bonds is 9. The van der Waals surface area contributed by atoms with E-state index in [4.69, 9.17) is 5.73 Å². The fraction of sp³-hybridized carbons (Fsp3) is 0.500. The van der Waals surface area contributed by atoms with E-state index >= 15 is 0 Å². The Morgan fingerprint density at radius 3 is 2.33 bits per heavy atom. The number of hydrogen-bond donors (Lipinski definition) is 1. The molecule has 0 aliphatic heterocycles. The van der Waals surface area contributed by atoms with Gasteiger partial charge in [-0.25, -0.2) is 0 Å². The number of nitrogens with zero attached hydrogens (tertiary/aromatic N) is 1. The fourth-order valence-electron chi connectivity index (χ4n) is 2.04. The number of nitrogens with two attached hydrogens (primary N) is 1. The summed E-state index contributed by atoms with van der Waals surface area (Å²) in [6, 6.07) is 10.6. The predicted molar refractivity (Wildman–Crippen MR) is 80.7 cm³/mol. The molecule has 0 saturated carbocycles. The van der Waals surface area contributed by atoms with E-state index < -0.39 is 0 Å². The van der Waals surface area contributed by atoms with Crippen LogP contribution >= 0.6 is 0 Å². The van der Waals surface area contributed by atoms with Gasteiger partial charge in [-0.2, -0.15) is 0 Å². The molecule has 0 aromatic heterocycles. The molecule has 1 rings (SSSR count). The highest BCUT2D eigenvalue weighted by Gasteiger charge is 1.99. The molecule has 0 unspecified atom stereocenters. The largest absolute Gasteiger partial charge is 0.403 e. The lowest BCUT2D eigenvalue weighted by molar-refractivity contribution is 0.610. The monoisotopic (exact) mass is 246 g/mol. The maximum absolute atomic E-state index is 5.54.